The van der Waals surface area contributed by atoms with Gasteiger partial charge in [-0.05, 0) is 48.4 Å². The Bertz CT molecular complexity index is 730. The Morgan fingerprint density at radius 3 is 2.44 bits per heavy atom. The molecule has 132 valence electrons. The molecular formula is C19H20BrNO4. The van der Waals surface area contributed by atoms with E-state index in [0.29, 0.717) is 24.1 Å². The van der Waals surface area contributed by atoms with E-state index in [4.69, 9.17) is 0 Å². The smallest absolute Gasteiger partial charge is 0.337 e. The monoisotopic (exact) mass is 405 g/mol. The predicted molar refractivity (Wildman–Crippen MR) is 98.5 cm³/mol. The van der Waals surface area contributed by atoms with E-state index >= 15 is 0 Å². The lowest BCUT2D eigenvalue weighted by Crippen LogP contribution is -2.31. The number of hydrogen-bond donors (Lipinski definition) is 2. The average Bonchev–Trinajstić information content (AvgIpc) is 2.64. The number of aliphatic hydroxyl groups excluding tert-OH is 1. The first-order valence-corrected chi connectivity index (χ1v) is 8.64. The number of amides is 1. The number of hydrogen-bond acceptors (Lipinski definition) is 4. The van der Waals surface area contributed by atoms with Gasteiger partial charge in [0.2, 0.25) is 0 Å². The lowest BCUT2D eigenvalue weighted by atomic mass is 10.00. The number of carbonyl (C=O) groups excluding carboxylic acids is 2. The van der Waals surface area contributed by atoms with Crippen LogP contribution in [0.3, 0.4) is 0 Å². The third kappa shape index (κ3) is 5.69. The SMILES string of the molecule is COC(=O)c1ccc(C(=O)NCC(CO)Cc2cccc(Br)c2)cc1. The third-order valence-corrected chi connectivity index (χ3v) is 4.28. The summed E-state index contributed by atoms with van der Waals surface area (Å²) in [4.78, 5) is 23.6. The first kappa shape index (κ1) is 19.1. The van der Waals surface area contributed by atoms with Gasteiger partial charge < -0.3 is 15.2 Å². The maximum atomic E-state index is 12.2. The van der Waals surface area contributed by atoms with Crippen LogP contribution in [0, 0.1) is 5.92 Å². The van der Waals surface area contributed by atoms with E-state index in [1.807, 2.05) is 24.3 Å². The molecule has 0 spiro atoms. The zero-order chi connectivity index (χ0) is 18.2. The van der Waals surface area contributed by atoms with Crippen LogP contribution in [0.15, 0.2) is 53.0 Å². The zero-order valence-corrected chi connectivity index (χ0v) is 15.5. The van der Waals surface area contributed by atoms with Crippen LogP contribution in [0.4, 0.5) is 0 Å². The Labute approximate surface area is 155 Å². The second kappa shape index (κ2) is 9.34. The van der Waals surface area contributed by atoms with E-state index in [-0.39, 0.29) is 18.4 Å². The minimum atomic E-state index is -0.443. The van der Waals surface area contributed by atoms with Gasteiger partial charge in [-0.2, -0.15) is 0 Å². The third-order valence-electron chi connectivity index (χ3n) is 3.79. The van der Waals surface area contributed by atoms with Gasteiger partial charge in [-0.25, -0.2) is 4.79 Å². The molecule has 0 fully saturated rings. The molecule has 1 atom stereocenters. The van der Waals surface area contributed by atoms with Gasteiger partial charge in [0.1, 0.15) is 0 Å². The number of esters is 1. The second-order valence-corrected chi connectivity index (χ2v) is 6.58. The summed E-state index contributed by atoms with van der Waals surface area (Å²) in [6, 6.07) is 14.1. The van der Waals surface area contributed by atoms with Crippen LogP contribution in [0.25, 0.3) is 0 Å². The van der Waals surface area contributed by atoms with Crippen molar-refractivity contribution in [3.05, 3.63) is 69.7 Å². The highest BCUT2D eigenvalue weighted by Crippen LogP contribution is 2.15. The van der Waals surface area contributed by atoms with E-state index in [2.05, 4.69) is 26.0 Å². The lowest BCUT2D eigenvalue weighted by Gasteiger charge is -2.15. The van der Waals surface area contributed by atoms with Gasteiger partial charge >= 0.3 is 5.97 Å². The highest BCUT2D eigenvalue weighted by atomic mass is 79.9. The van der Waals surface area contributed by atoms with Crippen LogP contribution in [-0.4, -0.2) is 37.2 Å². The van der Waals surface area contributed by atoms with Gasteiger partial charge in [0, 0.05) is 29.1 Å². The number of rotatable bonds is 7. The van der Waals surface area contributed by atoms with Gasteiger partial charge in [-0.3, -0.25) is 4.79 Å². The van der Waals surface area contributed by atoms with Crippen molar-refractivity contribution in [3.8, 4) is 0 Å². The minimum absolute atomic E-state index is 0.0198. The largest absolute Gasteiger partial charge is 0.465 e. The van der Waals surface area contributed by atoms with Crippen LogP contribution in [0.2, 0.25) is 0 Å². The number of nitrogens with one attached hydrogen (secondary N) is 1. The van der Waals surface area contributed by atoms with Gasteiger partial charge in [0.25, 0.3) is 5.91 Å². The van der Waals surface area contributed by atoms with Gasteiger partial charge in [0.15, 0.2) is 0 Å². The van der Waals surface area contributed by atoms with Crippen molar-refractivity contribution >= 4 is 27.8 Å². The Morgan fingerprint density at radius 2 is 1.84 bits per heavy atom. The molecule has 2 aromatic rings. The summed E-state index contributed by atoms with van der Waals surface area (Å²) in [5.41, 5.74) is 1.93. The number of carbonyl (C=O) groups is 2. The Balaban J connectivity index is 1.92. The van der Waals surface area contributed by atoms with Crippen molar-refractivity contribution in [2.75, 3.05) is 20.3 Å². The predicted octanol–water partition coefficient (Wildman–Crippen LogP) is 2.82. The van der Waals surface area contributed by atoms with E-state index in [1.165, 1.54) is 7.11 Å². The Hall–Kier alpha value is -2.18. The van der Waals surface area contributed by atoms with E-state index in [1.54, 1.807) is 24.3 Å². The van der Waals surface area contributed by atoms with Crippen molar-refractivity contribution in [1.82, 2.24) is 5.32 Å². The van der Waals surface area contributed by atoms with Crippen LogP contribution in [0.5, 0.6) is 0 Å². The molecule has 0 radical (unpaired) electrons. The zero-order valence-electron chi connectivity index (χ0n) is 13.9. The van der Waals surface area contributed by atoms with Crippen LogP contribution in [0.1, 0.15) is 26.3 Å². The molecule has 0 aliphatic carbocycles. The summed E-state index contributed by atoms with van der Waals surface area (Å²) in [5, 5.41) is 12.4. The summed E-state index contributed by atoms with van der Waals surface area (Å²) < 4.78 is 5.61. The molecule has 0 aromatic heterocycles. The lowest BCUT2D eigenvalue weighted by molar-refractivity contribution is 0.0600. The molecular weight excluding hydrogens is 386 g/mol. The summed E-state index contributed by atoms with van der Waals surface area (Å²) in [6.45, 7) is 0.342. The fourth-order valence-electron chi connectivity index (χ4n) is 2.41. The van der Waals surface area contributed by atoms with Gasteiger partial charge in [0.05, 0.1) is 12.7 Å². The van der Waals surface area contributed by atoms with Crippen molar-refractivity contribution in [2.24, 2.45) is 5.92 Å². The first-order valence-electron chi connectivity index (χ1n) is 7.85. The summed E-state index contributed by atoms with van der Waals surface area (Å²) in [6.07, 6.45) is 0.664. The summed E-state index contributed by atoms with van der Waals surface area (Å²) in [7, 11) is 1.31. The number of benzene rings is 2. The maximum Gasteiger partial charge on any atom is 0.337 e. The van der Waals surface area contributed by atoms with E-state index in [9.17, 15) is 14.7 Å². The molecule has 2 aromatic carbocycles. The highest BCUT2D eigenvalue weighted by molar-refractivity contribution is 9.10. The Morgan fingerprint density at radius 1 is 1.16 bits per heavy atom. The summed E-state index contributed by atoms with van der Waals surface area (Å²) >= 11 is 3.42. The summed E-state index contributed by atoms with van der Waals surface area (Å²) in [5.74, 6) is -0.766. The van der Waals surface area contributed by atoms with Crippen molar-refractivity contribution in [1.29, 1.82) is 0 Å². The fourth-order valence-corrected chi connectivity index (χ4v) is 2.86. The van der Waals surface area contributed by atoms with Crippen LogP contribution in [-0.2, 0) is 11.2 Å². The molecule has 0 bridgehead atoms. The molecule has 0 heterocycles. The van der Waals surface area contributed by atoms with Crippen molar-refractivity contribution in [3.63, 3.8) is 0 Å². The van der Waals surface area contributed by atoms with Gasteiger partial charge in [-0.1, -0.05) is 28.1 Å². The fraction of sp³-hybridized carbons (Fsp3) is 0.263. The van der Waals surface area contributed by atoms with E-state index < -0.39 is 5.97 Å². The number of halogens is 1. The van der Waals surface area contributed by atoms with Gasteiger partial charge in [-0.15, -0.1) is 0 Å². The normalized spacial score (nSPS) is 11.6. The van der Waals surface area contributed by atoms with Crippen LogP contribution < -0.4 is 5.32 Å². The van der Waals surface area contributed by atoms with Crippen molar-refractivity contribution < 1.29 is 19.4 Å². The van der Waals surface area contributed by atoms with E-state index in [0.717, 1.165) is 10.0 Å². The molecule has 1 unspecified atom stereocenters. The highest BCUT2D eigenvalue weighted by Gasteiger charge is 2.13. The molecule has 0 saturated carbocycles. The molecule has 0 aliphatic heterocycles. The van der Waals surface area contributed by atoms with Crippen LogP contribution >= 0.6 is 15.9 Å². The molecule has 25 heavy (non-hydrogen) atoms. The molecule has 0 saturated heterocycles. The standard InChI is InChI=1S/C19H20BrNO4/c1-25-19(24)16-7-5-15(6-8-16)18(23)21-11-14(12-22)9-13-3-2-4-17(20)10-13/h2-8,10,14,22H,9,11-12H2,1H3,(H,21,23). The average molecular weight is 406 g/mol. The topological polar surface area (TPSA) is 75.6 Å². The quantitative estimate of drug-likeness (QED) is 0.694. The number of methoxy groups -OCH3 is 1. The molecule has 2 N–H and O–H groups in total. The molecule has 6 heteroatoms. The Kier molecular flexibility index (Phi) is 7.16. The molecule has 0 aliphatic rings. The number of ether oxygens (including phenoxy) is 1. The molecule has 2 rings (SSSR count). The molecule has 1 amide bonds. The minimum Gasteiger partial charge on any atom is -0.465 e. The number of aliphatic hydroxyl groups is 1. The van der Waals surface area contributed by atoms with Crippen molar-refractivity contribution in [2.45, 2.75) is 6.42 Å². The first-order chi connectivity index (χ1) is 12.0. The second-order valence-electron chi connectivity index (χ2n) is 5.66. The maximum absolute atomic E-state index is 12.2. The molecule has 5 nitrogen and oxygen atoms in total.